The van der Waals surface area contributed by atoms with E-state index in [4.69, 9.17) is 14.4 Å². The van der Waals surface area contributed by atoms with Crippen molar-refractivity contribution in [1.82, 2.24) is 14.4 Å². The SMILES string of the molecule is Brc1cccc(-c2nc3ccccc3c3nc4oc5ccccc5n4c23)c1. The van der Waals surface area contributed by atoms with Crippen LogP contribution in [0.15, 0.2) is 81.7 Å². The fraction of sp³-hybridized carbons (Fsp3) is 0. The molecule has 0 aliphatic rings. The molecule has 0 unspecified atom stereocenters. The van der Waals surface area contributed by atoms with E-state index in [0.717, 1.165) is 48.8 Å². The molecule has 128 valence electrons. The second-order valence-corrected chi connectivity index (χ2v) is 7.40. The normalized spacial score (nSPS) is 11.9. The van der Waals surface area contributed by atoms with Gasteiger partial charge in [0.15, 0.2) is 5.58 Å². The molecule has 3 aromatic carbocycles. The van der Waals surface area contributed by atoms with Crippen LogP contribution in [-0.4, -0.2) is 14.4 Å². The zero-order valence-corrected chi connectivity index (χ0v) is 15.6. The van der Waals surface area contributed by atoms with Crippen molar-refractivity contribution in [3.63, 3.8) is 0 Å². The minimum absolute atomic E-state index is 0.584. The van der Waals surface area contributed by atoms with E-state index in [1.54, 1.807) is 0 Å². The Hall–Kier alpha value is -3.18. The smallest absolute Gasteiger partial charge is 0.307 e. The van der Waals surface area contributed by atoms with Gasteiger partial charge in [0.2, 0.25) is 0 Å². The van der Waals surface area contributed by atoms with E-state index in [0.29, 0.717) is 5.84 Å². The molecule has 5 heteroatoms. The van der Waals surface area contributed by atoms with Gasteiger partial charge in [0.1, 0.15) is 11.0 Å². The number of nitrogens with zero attached hydrogens (tertiary/aromatic N) is 3. The second-order valence-electron chi connectivity index (χ2n) is 6.48. The molecule has 0 atom stereocenters. The molecular weight excluding hydrogens is 402 g/mol. The molecule has 3 aromatic heterocycles. The van der Waals surface area contributed by atoms with E-state index in [2.05, 4.69) is 38.5 Å². The van der Waals surface area contributed by atoms with Crippen LogP contribution in [0.25, 0.3) is 50.1 Å². The average Bonchev–Trinajstić information content (AvgIpc) is 3.23. The Morgan fingerprint density at radius 2 is 1.70 bits per heavy atom. The average molecular weight is 414 g/mol. The summed E-state index contributed by atoms with van der Waals surface area (Å²) in [7, 11) is 0. The Labute approximate surface area is 162 Å². The number of fused-ring (bicyclic) bond motifs is 7. The molecule has 0 saturated heterocycles. The lowest BCUT2D eigenvalue weighted by Gasteiger charge is -2.07. The third-order valence-corrected chi connectivity index (χ3v) is 5.36. The molecule has 0 saturated carbocycles. The molecule has 0 fully saturated rings. The zero-order valence-electron chi connectivity index (χ0n) is 14.1. The summed E-state index contributed by atoms with van der Waals surface area (Å²) in [6.45, 7) is 0. The van der Waals surface area contributed by atoms with E-state index < -0.39 is 0 Å². The lowest BCUT2D eigenvalue weighted by atomic mass is 10.1. The van der Waals surface area contributed by atoms with Gasteiger partial charge in [0.25, 0.3) is 0 Å². The molecule has 0 spiro atoms. The van der Waals surface area contributed by atoms with Crippen molar-refractivity contribution in [3.05, 3.63) is 77.3 Å². The molecular formula is C22H12BrN3O. The largest absolute Gasteiger partial charge is 0.423 e. The van der Waals surface area contributed by atoms with Crippen LogP contribution < -0.4 is 0 Å². The van der Waals surface area contributed by atoms with Crippen LogP contribution in [0.1, 0.15) is 0 Å². The Kier molecular flexibility index (Phi) is 2.99. The van der Waals surface area contributed by atoms with Crippen LogP contribution in [0.2, 0.25) is 0 Å². The number of imidazole rings is 1. The van der Waals surface area contributed by atoms with Crippen molar-refractivity contribution in [1.29, 1.82) is 0 Å². The highest BCUT2D eigenvalue weighted by Crippen LogP contribution is 2.36. The predicted molar refractivity (Wildman–Crippen MR) is 111 cm³/mol. The standard InChI is InChI=1S/C22H12BrN3O/c23-14-7-5-6-13(12-14)19-21-20(15-8-1-2-9-16(15)24-19)25-22-26(21)17-10-3-4-11-18(17)27-22/h1-12H. The molecule has 3 heterocycles. The minimum atomic E-state index is 0.584. The first-order valence-electron chi connectivity index (χ1n) is 8.64. The Bertz CT molecular complexity index is 1490. The quantitative estimate of drug-likeness (QED) is 0.321. The van der Waals surface area contributed by atoms with Gasteiger partial charge in [-0.05, 0) is 30.3 Å². The van der Waals surface area contributed by atoms with Crippen LogP contribution in [0, 0.1) is 0 Å². The van der Waals surface area contributed by atoms with Crippen LogP contribution in [0.4, 0.5) is 0 Å². The zero-order chi connectivity index (χ0) is 18.0. The summed E-state index contributed by atoms with van der Waals surface area (Å²) in [5.41, 5.74) is 6.52. The van der Waals surface area contributed by atoms with E-state index in [9.17, 15) is 0 Å². The van der Waals surface area contributed by atoms with Crippen molar-refractivity contribution in [2.75, 3.05) is 0 Å². The summed E-state index contributed by atoms with van der Waals surface area (Å²) in [6, 6.07) is 24.3. The molecule has 0 aliphatic heterocycles. The number of rotatable bonds is 1. The van der Waals surface area contributed by atoms with Crippen LogP contribution >= 0.6 is 15.9 Å². The number of pyridine rings is 1. The summed E-state index contributed by atoms with van der Waals surface area (Å²) in [6.07, 6.45) is 0. The maximum absolute atomic E-state index is 6.02. The number of hydrogen-bond donors (Lipinski definition) is 0. The lowest BCUT2D eigenvalue weighted by Crippen LogP contribution is -1.92. The van der Waals surface area contributed by atoms with Crippen molar-refractivity contribution in [2.45, 2.75) is 0 Å². The molecule has 0 radical (unpaired) electrons. The van der Waals surface area contributed by atoms with E-state index in [1.165, 1.54) is 0 Å². The fourth-order valence-corrected chi connectivity index (χ4v) is 4.11. The van der Waals surface area contributed by atoms with Crippen molar-refractivity contribution < 1.29 is 4.42 Å². The van der Waals surface area contributed by atoms with Gasteiger partial charge < -0.3 is 4.42 Å². The number of para-hydroxylation sites is 3. The van der Waals surface area contributed by atoms with Gasteiger partial charge in [-0.3, -0.25) is 4.40 Å². The Morgan fingerprint density at radius 3 is 2.63 bits per heavy atom. The third kappa shape index (κ3) is 2.09. The summed E-state index contributed by atoms with van der Waals surface area (Å²) in [5, 5.41) is 1.02. The molecule has 0 N–H and O–H groups in total. The fourth-order valence-electron chi connectivity index (χ4n) is 3.71. The summed E-state index contributed by atoms with van der Waals surface area (Å²) >= 11 is 3.58. The molecule has 27 heavy (non-hydrogen) atoms. The van der Waals surface area contributed by atoms with Gasteiger partial charge >= 0.3 is 5.84 Å². The third-order valence-electron chi connectivity index (χ3n) is 4.87. The second kappa shape index (κ2) is 5.41. The molecule has 4 nitrogen and oxygen atoms in total. The number of benzene rings is 3. The number of halogens is 1. The highest BCUT2D eigenvalue weighted by molar-refractivity contribution is 9.10. The maximum atomic E-state index is 6.02. The Balaban J connectivity index is 1.89. The molecule has 6 aromatic rings. The van der Waals surface area contributed by atoms with E-state index >= 15 is 0 Å². The van der Waals surface area contributed by atoms with Crippen LogP contribution in [-0.2, 0) is 0 Å². The molecule has 0 amide bonds. The predicted octanol–water partition coefficient (Wildman–Crippen LogP) is 6.21. The number of oxazole rings is 1. The highest BCUT2D eigenvalue weighted by Gasteiger charge is 2.20. The topological polar surface area (TPSA) is 43.3 Å². The van der Waals surface area contributed by atoms with E-state index in [-0.39, 0.29) is 0 Å². The minimum Gasteiger partial charge on any atom is -0.423 e. The van der Waals surface area contributed by atoms with Gasteiger partial charge in [0, 0.05) is 15.4 Å². The van der Waals surface area contributed by atoms with Gasteiger partial charge in [-0.25, -0.2) is 4.98 Å². The van der Waals surface area contributed by atoms with Gasteiger partial charge in [0.05, 0.1) is 16.7 Å². The first-order valence-corrected chi connectivity index (χ1v) is 9.43. The van der Waals surface area contributed by atoms with Crippen LogP contribution in [0.5, 0.6) is 0 Å². The molecule has 6 rings (SSSR count). The highest BCUT2D eigenvalue weighted by atomic mass is 79.9. The summed E-state index contributed by atoms with van der Waals surface area (Å²) < 4.78 is 9.10. The summed E-state index contributed by atoms with van der Waals surface area (Å²) in [4.78, 5) is 9.83. The summed E-state index contributed by atoms with van der Waals surface area (Å²) in [5.74, 6) is 0.584. The maximum Gasteiger partial charge on any atom is 0.307 e. The van der Waals surface area contributed by atoms with Crippen molar-refractivity contribution in [3.8, 4) is 11.3 Å². The first kappa shape index (κ1) is 14.9. The van der Waals surface area contributed by atoms with Crippen molar-refractivity contribution >= 4 is 54.8 Å². The van der Waals surface area contributed by atoms with E-state index in [1.807, 2.05) is 54.6 Å². The van der Waals surface area contributed by atoms with Crippen molar-refractivity contribution in [2.24, 2.45) is 0 Å². The van der Waals surface area contributed by atoms with Crippen LogP contribution in [0.3, 0.4) is 0 Å². The van der Waals surface area contributed by atoms with Gasteiger partial charge in [-0.15, -0.1) is 0 Å². The number of aromatic nitrogens is 3. The number of hydrogen-bond acceptors (Lipinski definition) is 3. The first-order chi connectivity index (χ1) is 13.3. The Morgan fingerprint density at radius 1 is 0.852 bits per heavy atom. The monoisotopic (exact) mass is 413 g/mol. The van der Waals surface area contributed by atoms with Gasteiger partial charge in [-0.1, -0.05) is 58.4 Å². The lowest BCUT2D eigenvalue weighted by molar-refractivity contribution is 0.643. The van der Waals surface area contributed by atoms with Gasteiger partial charge in [-0.2, -0.15) is 4.98 Å². The molecule has 0 bridgehead atoms. The molecule has 0 aliphatic carbocycles.